The molecule has 0 spiro atoms. The zero-order valence-corrected chi connectivity index (χ0v) is 16.1. The average molecular weight is 404 g/mol. The normalized spacial score (nSPS) is 8.27. The summed E-state index contributed by atoms with van der Waals surface area (Å²) in [5.74, 6) is 0.742. The third-order valence-corrected chi connectivity index (χ3v) is 2.45. The van der Waals surface area contributed by atoms with Crippen molar-refractivity contribution < 1.29 is 39.1 Å². The van der Waals surface area contributed by atoms with Gasteiger partial charge in [-0.05, 0) is 11.6 Å². The molecule has 4 nitrogen and oxygen atoms in total. The van der Waals surface area contributed by atoms with Crippen molar-refractivity contribution in [3.05, 3.63) is 42.4 Å². The van der Waals surface area contributed by atoms with Crippen molar-refractivity contribution in [1.82, 2.24) is 0 Å². The molecule has 0 unspecified atom stereocenters. The van der Waals surface area contributed by atoms with Crippen molar-refractivity contribution >= 4 is 5.97 Å². The van der Waals surface area contributed by atoms with Gasteiger partial charge >= 0.3 is 5.97 Å². The van der Waals surface area contributed by atoms with Crippen molar-refractivity contribution in [2.24, 2.45) is 0 Å². The monoisotopic (exact) mass is 403 g/mol. The van der Waals surface area contributed by atoms with Gasteiger partial charge in [0, 0.05) is 26.8 Å². The molecule has 5 heteroatoms. The van der Waals surface area contributed by atoms with Gasteiger partial charge in [0.15, 0.2) is 0 Å². The maximum absolute atomic E-state index is 11.1. The predicted molar refractivity (Wildman–Crippen MR) is 86.1 cm³/mol. The van der Waals surface area contributed by atoms with Gasteiger partial charge in [-0.1, -0.05) is 34.3 Å². The van der Waals surface area contributed by atoms with Crippen LogP contribution in [0.4, 0.5) is 0 Å². The van der Waals surface area contributed by atoms with Gasteiger partial charge in [0.05, 0.1) is 26.2 Å². The number of rotatable bonds is 6. The number of carbonyl (C=O) groups excluding carboxylic acids is 1. The summed E-state index contributed by atoms with van der Waals surface area (Å²) in [5, 5.41) is 0. The molecule has 1 aromatic heterocycles. The van der Waals surface area contributed by atoms with Crippen LogP contribution < -0.4 is 0 Å². The molecule has 0 fully saturated rings. The molecule has 0 amide bonds. The van der Waals surface area contributed by atoms with Crippen LogP contribution in [0.2, 0.25) is 0 Å². The summed E-state index contributed by atoms with van der Waals surface area (Å²) in [6, 6.07) is 1.79. The van der Waals surface area contributed by atoms with Crippen molar-refractivity contribution in [2.75, 3.05) is 14.2 Å². The van der Waals surface area contributed by atoms with Crippen LogP contribution in [0.3, 0.4) is 0 Å². The Hall–Kier alpha value is -1.05. The van der Waals surface area contributed by atoms with Crippen LogP contribution >= 0.6 is 0 Å². The Labute approximate surface area is 148 Å². The molecule has 1 aromatic rings. The molecule has 0 bridgehead atoms. The molecule has 0 N–H and O–H groups in total. The van der Waals surface area contributed by atoms with Gasteiger partial charge in [0.25, 0.3) is 0 Å². The summed E-state index contributed by atoms with van der Waals surface area (Å²) in [4.78, 5) is 11.1. The second-order valence-electron chi connectivity index (χ2n) is 3.76. The van der Waals surface area contributed by atoms with E-state index in [4.69, 9.17) is 9.15 Å². The Bertz CT molecular complexity index is 380. The first kappa shape index (κ1) is 25.9. The number of ether oxygens (including phenoxy) is 2. The second-order valence-corrected chi connectivity index (χ2v) is 3.76. The quantitative estimate of drug-likeness (QED) is 0.296. The van der Waals surface area contributed by atoms with Crippen molar-refractivity contribution in [2.45, 2.75) is 47.0 Å². The van der Waals surface area contributed by atoms with Gasteiger partial charge in [-0.2, -0.15) is 6.42 Å². The molecule has 0 saturated heterocycles. The first-order valence-corrected chi connectivity index (χ1v) is 7.28. The van der Waals surface area contributed by atoms with Gasteiger partial charge in [0.1, 0.15) is 0 Å². The molecule has 1 heterocycles. The molecule has 0 aliphatic heterocycles. The Morgan fingerprint density at radius 3 is 2.23 bits per heavy atom. The maximum Gasteiger partial charge on any atom is 0.374 e. The second kappa shape index (κ2) is 18.0. The number of carbonyl (C=O) groups is 1. The van der Waals surface area contributed by atoms with Crippen LogP contribution in [0.1, 0.15) is 56.7 Å². The average Bonchev–Trinajstić information content (AvgIpc) is 3.02. The molecular formula is C17H29O4Pd-. The molecule has 0 aliphatic rings. The molecule has 22 heavy (non-hydrogen) atoms. The van der Waals surface area contributed by atoms with E-state index in [0.717, 1.165) is 30.6 Å². The van der Waals surface area contributed by atoms with Gasteiger partial charge < -0.3 is 20.3 Å². The summed E-state index contributed by atoms with van der Waals surface area (Å²) in [6.45, 7) is 11.6. The van der Waals surface area contributed by atoms with E-state index in [-0.39, 0.29) is 20.4 Å². The van der Waals surface area contributed by atoms with Crippen molar-refractivity contribution in [3.8, 4) is 0 Å². The van der Waals surface area contributed by atoms with E-state index in [0.29, 0.717) is 5.76 Å². The largest absolute Gasteiger partial charge is 0.502 e. The minimum absolute atomic E-state index is 0. The summed E-state index contributed by atoms with van der Waals surface area (Å²) < 4.78 is 14.3. The summed E-state index contributed by atoms with van der Waals surface area (Å²) in [5.41, 5.74) is 0.883. The molecule has 1 rings (SSSR count). The standard InChI is InChI=1S/C10H13O3.C5H10O.C2H6.Pd/c1-3-4-5-8-6-7-13-9(8)10(11)12-2;1-4-5(2)6-3;1-2;/h4,6-7H,3,5H2,1-2H3;2,4H2,1,3H3;1-2H3;/q-1;;;. The van der Waals surface area contributed by atoms with Gasteiger partial charge in [-0.3, -0.25) is 0 Å². The van der Waals surface area contributed by atoms with E-state index in [1.807, 2.05) is 20.8 Å². The zero-order chi connectivity index (χ0) is 16.7. The van der Waals surface area contributed by atoms with E-state index < -0.39 is 5.97 Å². The van der Waals surface area contributed by atoms with E-state index in [1.54, 1.807) is 13.2 Å². The van der Waals surface area contributed by atoms with Crippen molar-refractivity contribution in [3.63, 3.8) is 0 Å². The Morgan fingerprint density at radius 1 is 1.27 bits per heavy atom. The number of hydrogen-bond donors (Lipinski definition) is 0. The number of unbranched alkanes of at least 4 members (excludes halogenated alkanes) is 1. The SMILES string of the molecule is C=C(CC)OC.CC.CC[CH-]Cc1ccoc1C(=O)OC.[Pd]. The molecular weight excluding hydrogens is 375 g/mol. The molecule has 132 valence electrons. The minimum atomic E-state index is -0.412. The molecule has 0 aromatic carbocycles. The van der Waals surface area contributed by atoms with Crippen LogP contribution in [0.25, 0.3) is 0 Å². The number of allylic oxidation sites excluding steroid dienone is 1. The fourth-order valence-electron chi connectivity index (χ4n) is 1.21. The topological polar surface area (TPSA) is 48.7 Å². The number of esters is 1. The summed E-state index contributed by atoms with van der Waals surface area (Å²) in [6.07, 6.45) is 6.22. The first-order chi connectivity index (χ1) is 10.1. The smallest absolute Gasteiger partial charge is 0.374 e. The molecule has 0 aliphatic carbocycles. The van der Waals surface area contributed by atoms with E-state index >= 15 is 0 Å². The number of hydrogen-bond acceptors (Lipinski definition) is 4. The summed E-state index contributed by atoms with van der Waals surface area (Å²) in [7, 11) is 2.98. The van der Waals surface area contributed by atoms with Gasteiger partial charge in [0.2, 0.25) is 5.76 Å². The molecule has 0 radical (unpaired) electrons. The van der Waals surface area contributed by atoms with Crippen LogP contribution in [0.5, 0.6) is 0 Å². The Balaban J connectivity index is -0.000000343. The third-order valence-electron chi connectivity index (χ3n) is 2.45. The zero-order valence-electron chi connectivity index (χ0n) is 14.5. The fraction of sp³-hybridized carbons (Fsp3) is 0.529. The van der Waals surface area contributed by atoms with E-state index in [2.05, 4.69) is 24.7 Å². The fourth-order valence-corrected chi connectivity index (χ4v) is 1.21. The van der Waals surface area contributed by atoms with Crippen LogP contribution in [0, 0.1) is 6.42 Å². The van der Waals surface area contributed by atoms with Crippen LogP contribution in [-0.4, -0.2) is 20.2 Å². The minimum Gasteiger partial charge on any atom is -0.502 e. The van der Waals surface area contributed by atoms with Gasteiger partial charge in [-0.25, -0.2) is 4.79 Å². The number of furan rings is 1. The third kappa shape index (κ3) is 11.6. The Kier molecular flexibility index (Phi) is 21.2. The first-order valence-electron chi connectivity index (χ1n) is 7.28. The maximum atomic E-state index is 11.1. The van der Waals surface area contributed by atoms with E-state index in [1.165, 1.54) is 13.4 Å². The Morgan fingerprint density at radius 2 is 1.86 bits per heavy atom. The summed E-state index contributed by atoms with van der Waals surface area (Å²) >= 11 is 0. The number of methoxy groups -OCH3 is 2. The predicted octanol–water partition coefficient (Wildman–Crippen LogP) is 4.80. The van der Waals surface area contributed by atoms with Crippen LogP contribution in [0.15, 0.2) is 29.1 Å². The van der Waals surface area contributed by atoms with Crippen LogP contribution in [-0.2, 0) is 36.3 Å². The van der Waals surface area contributed by atoms with Gasteiger partial charge in [-0.15, -0.1) is 6.42 Å². The van der Waals surface area contributed by atoms with E-state index in [9.17, 15) is 4.79 Å². The molecule has 0 saturated carbocycles. The molecule has 0 atom stereocenters. The van der Waals surface area contributed by atoms with Crippen molar-refractivity contribution in [1.29, 1.82) is 0 Å².